The van der Waals surface area contributed by atoms with Gasteiger partial charge in [0.25, 0.3) is 0 Å². The molecule has 1 N–H and O–H groups in total. The Labute approximate surface area is 99.8 Å². The number of nitrogens with one attached hydrogen (secondary N) is 1. The van der Waals surface area contributed by atoms with Crippen molar-refractivity contribution in [3.8, 4) is 6.07 Å². The highest BCUT2D eigenvalue weighted by atomic mass is 32.2. The monoisotopic (exact) mass is 258 g/mol. The van der Waals surface area contributed by atoms with Crippen molar-refractivity contribution in [2.45, 2.75) is 19.5 Å². The van der Waals surface area contributed by atoms with Crippen LogP contribution in [0.5, 0.6) is 0 Å². The summed E-state index contributed by atoms with van der Waals surface area (Å²) in [5.41, 5.74) is 0. The number of nitriles is 1. The van der Waals surface area contributed by atoms with Crippen LogP contribution in [0.2, 0.25) is 0 Å². The van der Waals surface area contributed by atoms with Crippen molar-refractivity contribution in [2.75, 3.05) is 12.0 Å². The summed E-state index contributed by atoms with van der Waals surface area (Å²) in [6.07, 6.45) is 1.23. The van der Waals surface area contributed by atoms with E-state index in [9.17, 15) is 8.42 Å². The van der Waals surface area contributed by atoms with Gasteiger partial charge in [0.1, 0.15) is 20.8 Å². The second-order valence-electron chi connectivity index (χ2n) is 3.75. The number of nitrogens with zero attached hydrogens (tertiary/aromatic N) is 1. The Balaban J connectivity index is 2.43. The molecule has 0 spiro atoms. The van der Waals surface area contributed by atoms with Gasteiger partial charge in [-0.1, -0.05) is 0 Å². The lowest BCUT2D eigenvalue weighted by molar-refractivity contribution is 0.562. The maximum atomic E-state index is 11.0. The topological polar surface area (TPSA) is 70.0 Å². The highest BCUT2D eigenvalue weighted by molar-refractivity contribution is 7.90. The Kier molecular flexibility index (Phi) is 4.47. The van der Waals surface area contributed by atoms with Gasteiger partial charge in [-0.25, -0.2) is 8.42 Å². The molecule has 0 saturated heterocycles. The van der Waals surface area contributed by atoms with E-state index >= 15 is 0 Å². The molecule has 0 aliphatic carbocycles. The van der Waals surface area contributed by atoms with Crippen molar-refractivity contribution in [3.63, 3.8) is 0 Å². The van der Waals surface area contributed by atoms with Gasteiger partial charge in [0.05, 0.1) is 5.75 Å². The molecule has 6 heteroatoms. The molecule has 1 rings (SSSR count). The largest absolute Gasteiger partial charge is 0.308 e. The van der Waals surface area contributed by atoms with Crippen LogP contribution in [-0.4, -0.2) is 26.5 Å². The van der Waals surface area contributed by atoms with E-state index in [-0.39, 0.29) is 11.8 Å². The molecule has 1 aromatic heterocycles. The van der Waals surface area contributed by atoms with Crippen LogP contribution in [0.4, 0.5) is 0 Å². The van der Waals surface area contributed by atoms with E-state index in [2.05, 4.69) is 11.4 Å². The normalized spacial score (nSPS) is 13.3. The molecule has 16 heavy (non-hydrogen) atoms. The van der Waals surface area contributed by atoms with Gasteiger partial charge >= 0.3 is 0 Å². The first-order valence-corrected chi connectivity index (χ1v) is 7.68. The van der Waals surface area contributed by atoms with Crippen molar-refractivity contribution in [2.24, 2.45) is 0 Å². The summed E-state index contributed by atoms with van der Waals surface area (Å²) in [4.78, 5) is 1.71. The molecule has 1 unspecified atom stereocenters. The molecule has 0 aromatic carbocycles. The van der Waals surface area contributed by atoms with E-state index in [4.69, 9.17) is 5.26 Å². The first kappa shape index (κ1) is 13.2. The van der Waals surface area contributed by atoms with Crippen LogP contribution in [0.15, 0.2) is 12.1 Å². The van der Waals surface area contributed by atoms with Crippen LogP contribution >= 0.6 is 11.3 Å². The van der Waals surface area contributed by atoms with Gasteiger partial charge in [-0.3, -0.25) is 0 Å². The second-order valence-corrected chi connectivity index (χ2v) is 7.11. The Morgan fingerprint density at radius 2 is 2.25 bits per heavy atom. The minimum Gasteiger partial charge on any atom is -0.308 e. The SMILES string of the molecule is CC(CS(C)(=O)=O)NCc1ccc(C#N)s1. The maximum Gasteiger partial charge on any atom is 0.148 e. The summed E-state index contributed by atoms with van der Waals surface area (Å²) in [5, 5.41) is 11.8. The van der Waals surface area contributed by atoms with Crippen LogP contribution in [0.1, 0.15) is 16.7 Å². The number of sulfone groups is 1. The average molecular weight is 258 g/mol. The predicted molar refractivity (Wildman–Crippen MR) is 65.0 cm³/mol. The molecule has 0 aliphatic rings. The van der Waals surface area contributed by atoms with E-state index < -0.39 is 9.84 Å². The minimum absolute atomic E-state index is 0.0809. The fourth-order valence-corrected chi connectivity index (χ4v) is 3.10. The molecule has 0 saturated carbocycles. The van der Waals surface area contributed by atoms with E-state index in [0.717, 1.165) is 4.88 Å². The third kappa shape index (κ3) is 4.75. The molecule has 4 nitrogen and oxygen atoms in total. The van der Waals surface area contributed by atoms with E-state index in [0.29, 0.717) is 11.4 Å². The summed E-state index contributed by atoms with van der Waals surface area (Å²) in [6, 6.07) is 5.63. The summed E-state index contributed by atoms with van der Waals surface area (Å²) in [5.74, 6) is 0.128. The lowest BCUT2D eigenvalue weighted by Crippen LogP contribution is -2.31. The molecule has 1 heterocycles. The van der Waals surface area contributed by atoms with E-state index in [1.54, 1.807) is 6.07 Å². The Hall–Kier alpha value is -0.900. The standard InChI is InChI=1S/C10H14N2O2S2/c1-8(7-16(2,13)14)12-6-10-4-3-9(5-11)15-10/h3-4,8,12H,6-7H2,1-2H3. The number of hydrogen-bond acceptors (Lipinski definition) is 5. The van der Waals surface area contributed by atoms with Crippen LogP contribution in [0, 0.1) is 11.3 Å². The van der Waals surface area contributed by atoms with Crippen LogP contribution < -0.4 is 5.32 Å². The number of rotatable bonds is 5. The van der Waals surface area contributed by atoms with Crippen molar-refractivity contribution < 1.29 is 8.42 Å². The van der Waals surface area contributed by atoms with E-state index in [1.807, 2.05) is 13.0 Å². The van der Waals surface area contributed by atoms with Gasteiger partial charge < -0.3 is 5.32 Å². The van der Waals surface area contributed by atoms with Crippen LogP contribution in [-0.2, 0) is 16.4 Å². The molecular formula is C10H14N2O2S2. The summed E-state index contributed by atoms with van der Waals surface area (Å²) in [6.45, 7) is 2.43. The van der Waals surface area contributed by atoms with Gasteiger partial charge in [-0.2, -0.15) is 5.26 Å². The number of thiophene rings is 1. The predicted octanol–water partition coefficient (Wildman–Crippen LogP) is 1.14. The molecule has 88 valence electrons. The molecule has 0 amide bonds. The van der Waals surface area contributed by atoms with Crippen LogP contribution in [0.25, 0.3) is 0 Å². The number of hydrogen-bond donors (Lipinski definition) is 1. The highest BCUT2D eigenvalue weighted by Crippen LogP contribution is 2.14. The Bertz CT molecular complexity index is 485. The fourth-order valence-electron chi connectivity index (χ4n) is 1.32. The summed E-state index contributed by atoms with van der Waals surface area (Å²) < 4.78 is 22.0. The van der Waals surface area contributed by atoms with Crippen molar-refractivity contribution in [3.05, 3.63) is 21.9 Å². The van der Waals surface area contributed by atoms with Gasteiger partial charge in [0, 0.05) is 23.7 Å². The second kappa shape index (κ2) is 5.43. The minimum atomic E-state index is -2.94. The molecule has 0 fully saturated rings. The Morgan fingerprint density at radius 1 is 1.56 bits per heavy atom. The highest BCUT2D eigenvalue weighted by Gasteiger charge is 2.10. The third-order valence-electron chi connectivity index (χ3n) is 1.95. The third-order valence-corrected chi connectivity index (χ3v) is 4.04. The molecule has 1 aromatic rings. The van der Waals surface area contributed by atoms with Gasteiger partial charge in [0.2, 0.25) is 0 Å². The zero-order valence-electron chi connectivity index (χ0n) is 9.23. The molecule has 0 radical (unpaired) electrons. The average Bonchev–Trinajstić information content (AvgIpc) is 2.59. The first-order valence-electron chi connectivity index (χ1n) is 4.80. The Morgan fingerprint density at radius 3 is 2.75 bits per heavy atom. The quantitative estimate of drug-likeness (QED) is 0.860. The summed E-state index contributed by atoms with van der Waals surface area (Å²) >= 11 is 1.42. The summed E-state index contributed by atoms with van der Waals surface area (Å²) in [7, 11) is -2.94. The van der Waals surface area contributed by atoms with Crippen molar-refractivity contribution >= 4 is 21.2 Å². The zero-order valence-corrected chi connectivity index (χ0v) is 10.9. The first-order chi connectivity index (χ1) is 7.40. The lowest BCUT2D eigenvalue weighted by atomic mass is 10.3. The molecular weight excluding hydrogens is 244 g/mol. The lowest BCUT2D eigenvalue weighted by Gasteiger charge is -2.11. The van der Waals surface area contributed by atoms with Crippen molar-refractivity contribution in [1.82, 2.24) is 5.32 Å². The smallest absolute Gasteiger partial charge is 0.148 e. The molecule has 1 atom stereocenters. The van der Waals surface area contributed by atoms with E-state index in [1.165, 1.54) is 17.6 Å². The molecule has 0 aliphatic heterocycles. The maximum absolute atomic E-state index is 11.0. The van der Waals surface area contributed by atoms with Crippen molar-refractivity contribution in [1.29, 1.82) is 5.26 Å². The van der Waals surface area contributed by atoms with Gasteiger partial charge in [0.15, 0.2) is 0 Å². The molecule has 0 bridgehead atoms. The van der Waals surface area contributed by atoms with Gasteiger partial charge in [-0.05, 0) is 19.1 Å². The van der Waals surface area contributed by atoms with Crippen LogP contribution in [0.3, 0.4) is 0 Å². The van der Waals surface area contributed by atoms with Gasteiger partial charge in [-0.15, -0.1) is 11.3 Å². The fraction of sp³-hybridized carbons (Fsp3) is 0.500. The zero-order chi connectivity index (χ0) is 12.2.